The third-order valence-electron chi connectivity index (χ3n) is 4.09. The van der Waals surface area contributed by atoms with Crippen LogP contribution in [0.2, 0.25) is 5.02 Å². The highest BCUT2D eigenvalue weighted by Crippen LogP contribution is 2.31. The van der Waals surface area contributed by atoms with Gasteiger partial charge < -0.3 is 14.5 Å². The van der Waals surface area contributed by atoms with Crippen LogP contribution in [0.4, 0.5) is 0 Å². The molecule has 0 aliphatic heterocycles. The normalized spacial score (nSPS) is 13.8. The minimum Gasteiger partial charge on any atom is -0.477 e. The Morgan fingerprint density at radius 1 is 1.32 bits per heavy atom. The van der Waals surface area contributed by atoms with Gasteiger partial charge in [0.2, 0.25) is 5.88 Å². The Balaban J connectivity index is 1.47. The van der Waals surface area contributed by atoms with Crippen LogP contribution < -0.4 is 10.1 Å². The Morgan fingerprint density at radius 3 is 3.04 bits per heavy atom. The third-order valence-corrected chi connectivity index (χ3v) is 4.41. The van der Waals surface area contributed by atoms with Crippen LogP contribution >= 0.6 is 11.6 Å². The maximum absolute atomic E-state index is 12.6. The summed E-state index contributed by atoms with van der Waals surface area (Å²) in [5, 5.41) is 3.18. The second-order valence-corrected chi connectivity index (χ2v) is 6.47. The Hall–Kier alpha value is -2.60. The lowest BCUT2D eigenvalue weighted by atomic mass is 10.2. The Morgan fingerprint density at radius 2 is 2.20 bits per heavy atom. The molecule has 1 fully saturated rings. The minimum atomic E-state index is -0.316. The summed E-state index contributed by atoms with van der Waals surface area (Å²) in [6.07, 6.45) is 5.25. The summed E-state index contributed by atoms with van der Waals surface area (Å²) in [5.74, 6) is 0.527. The summed E-state index contributed by atoms with van der Waals surface area (Å²) in [6.45, 7) is 0.908. The zero-order valence-corrected chi connectivity index (χ0v) is 14.1. The molecule has 1 aliphatic rings. The lowest BCUT2D eigenvalue weighted by Gasteiger charge is -2.12. The molecule has 25 heavy (non-hydrogen) atoms. The van der Waals surface area contributed by atoms with E-state index in [0.29, 0.717) is 29.7 Å². The summed E-state index contributed by atoms with van der Waals surface area (Å²) in [5.41, 5.74) is 2.64. The van der Waals surface area contributed by atoms with Gasteiger partial charge in [-0.15, -0.1) is 0 Å². The van der Waals surface area contributed by atoms with E-state index < -0.39 is 0 Å². The summed E-state index contributed by atoms with van der Waals surface area (Å²) in [4.78, 5) is 20.9. The molecule has 0 radical (unpaired) electrons. The van der Waals surface area contributed by atoms with Crippen LogP contribution in [-0.4, -0.2) is 22.5 Å². The molecule has 0 atom stereocenters. The fraction of sp³-hybridized carbons (Fsp3) is 0.278. The number of ether oxygens (including phenoxy) is 1. The molecule has 3 aromatic rings. The van der Waals surface area contributed by atoms with Gasteiger partial charge in [-0.3, -0.25) is 4.79 Å². The molecule has 2 aromatic heterocycles. The molecule has 6 nitrogen and oxygen atoms in total. The van der Waals surface area contributed by atoms with E-state index in [1.54, 1.807) is 12.3 Å². The van der Waals surface area contributed by atoms with Crippen molar-refractivity contribution in [1.82, 2.24) is 15.3 Å². The first-order chi connectivity index (χ1) is 12.2. The van der Waals surface area contributed by atoms with Crippen LogP contribution in [-0.2, 0) is 6.54 Å². The zero-order chi connectivity index (χ0) is 17.2. The second-order valence-electron chi connectivity index (χ2n) is 6.06. The largest absolute Gasteiger partial charge is 0.477 e. The summed E-state index contributed by atoms with van der Waals surface area (Å²) < 4.78 is 10.9. The second kappa shape index (κ2) is 6.72. The van der Waals surface area contributed by atoms with Gasteiger partial charge >= 0.3 is 0 Å². The number of halogens is 1. The number of carbonyl (C=O) groups excluding carboxylic acids is 1. The average Bonchev–Trinajstić information content (AvgIpc) is 3.33. The number of hydrogen-bond donors (Lipinski definition) is 1. The van der Waals surface area contributed by atoms with Crippen LogP contribution in [0.25, 0.3) is 11.1 Å². The number of amides is 1. The Kier molecular flexibility index (Phi) is 4.28. The van der Waals surface area contributed by atoms with Crippen LogP contribution in [0, 0.1) is 5.92 Å². The number of nitrogens with zero attached hydrogens (tertiary/aromatic N) is 2. The first-order valence-electron chi connectivity index (χ1n) is 8.08. The Bertz CT molecular complexity index is 921. The van der Waals surface area contributed by atoms with Gasteiger partial charge in [-0.25, -0.2) is 9.97 Å². The maximum atomic E-state index is 12.6. The van der Waals surface area contributed by atoms with Crippen molar-refractivity contribution in [2.45, 2.75) is 19.4 Å². The Labute approximate surface area is 149 Å². The van der Waals surface area contributed by atoms with Gasteiger partial charge in [-0.1, -0.05) is 17.7 Å². The average molecular weight is 358 g/mol. The number of carbonyl (C=O) groups is 1. The molecule has 1 aliphatic carbocycles. The van der Waals surface area contributed by atoms with E-state index in [1.165, 1.54) is 6.39 Å². The van der Waals surface area contributed by atoms with Crippen molar-refractivity contribution in [3.63, 3.8) is 0 Å². The third kappa shape index (κ3) is 3.58. The highest BCUT2D eigenvalue weighted by atomic mass is 35.5. The van der Waals surface area contributed by atoms with Gasteiger partial charge in [-0.2, -0.15) is 0 Å². The first-order valence-corrected chi connectivity index (χ1v) is 8.46. The number of oxazole rings is 1. The summed E-state index contributed by atoms with van der Waals surface area (Å²) in [6, 6.07) is 7.16. The lowest BCUT2D eigenvalue weighted by Crippen LogP contribution is -2.24. The zero-order valence-electron chi connectivity index (χ0n) is 13.4. The van der Waals surface area contributed by atoms with E-state index in [1.807, 2.05) is 18.2 Å². The van der Waals surface area contributed by atoms with Crippen molar-refractivity contribution in [3.05, 3.63) is 53.0 Å². The highest BCUT2D eigenvalue weighted by molar-refractivity contribution is 6.34. The maximum Gasteiger partial charge on any atom is 0.258 e. The molecule has 1 saturated carbocycles. The van der Waals surface area contributed by atoms with Crippen LogP contribution in [0.15, 0.2) is 41.3 Å². The molecule has 0 bridgehead atoms. The van der Waals surface area contributed by atoms with Crippen molar-refractivity contribution in [3.8, 4) is 5.88 Å². The molecular weight excluding hydrogens is 342 g/mol. The lowest BCUT2D eigenvalue weighted by molar-refractivity contribution is 0.0945. The van der Waals surface area contributed by atoms with Crippen molar-refractivity contribution in [1.29, 1.82) is 0 Å². The SMILES string of the molecule is O=C(NCc1ccc2ocnc2c1)c1c(Cl)ccnc1OCC1CC1. The van der Waals surface area contributed by atoms with Gasteiger partial charge in [0.05, 0.1) is 11.6 Å². The molecular formula is C18H16ClN3O3. The van der Waals surface area contributed by atoms with Gasteiger partial charge in [0.25, 0.3) is 5.91 Å². The number of fused-ring (bicyclic) bond motifs is 1. The molecule has 1 aromatic carbocycles. The van der Waals surface area contributed by atoms with Crippen LogP contribution in [0.5, 0.6) is 5.88 Å². The molecule has 1 N–H and O–H groups in total. The predicted octanol–water partition coefficient (Wildman–Crippen LogP) is 3.60. The van der Waals surface area contributed by atoms with Gasteiger partial charge in [-0.05, 0) is 42.5 Å². The monoisotopic (exact) mass is 357 g/mol. The number of nitrogens with one attached hydrogen (secondary N) is 1. The first kappa shape index (κ1) is 15.9. The molecule has 128 valence electrons. The standard InChI is InChI=1S/C18H16ClN3O3/c19-13-5-6-20-18(24-9-11-1-2-11)16(13)17(23)21-8-12-3-4-15-14(7-12)22-10-25-15/h3-7,10-11H,1-2,8-9H2,(H,21,23). The fourth-order valence-corrected chi connectivity index (χ4v) is 2.72. The van der Waals surface area contributed by atoms with E-state index in [2.05, 4.69) is 15.3 Å². The van der Waals surface area contributed by atoms with Crippen molar-refractivity contribution in [2.24, 2.45) is 5.92 Å². The van der Waals surface area contributed by atoms with Gasteiger partial charge in [0, 0.05) is 12.7 Å². The van der Waals surface area contributed by atoms with Crippen molar-refractivity contribution < 1.29 is 13.9 Å². The highest BCUT2D eigenvalue weighted by Gasteiger charge is 2.24. The summed E-state index contributed by atoms with van der Waals surface area (Å²) in [7, 11) is 0. The smallest absolute Gasteiger partial charge is 0.258 e. The number of hydrogen-bond acceptors (Lipinski definition) is 5. The predicted molar refractivity (Wildman–Crippen MR) is 92.6 cm³/mol. The van der Waals surface area contributed by atoms with E-state index in [-0.39, 0.29) is 17.4 Å². The van der Waals surface area contributed by atoms with E-state index in [4.69, 9.17) is 20.8 Å². The quantitative estimate of drug-likeness (QED) is 0.729. The fourth-order valence-electron chi connectivity index (χ4n) is 2.50. The van der Waals surface area contributed by atoms with Crippen molar-refractivity contribution in [2.75, 3.05) is 6.61 Å². The van der Waals surface area contributed by atoms with E-state index in [9.17, 15) is 4.79 Å². The number of pyridine rings is 1. The molecule has 0 spiro atoms. The number of rotatable bonds is 6. The molecule has 0 unspecified atom stereocenters. The molecule has 7 heteroatoms. The van der Waals surface area contributed by atoms with E-state index >= 15 is 0 Å². The molecule has 2 heterocycles. The van der Waals surface area contributed by atoms with E-state index in [0.717, 1.165) is 23.9 Å². The molecule has 0 saturated heterocycles. The number of aromatic nitrogens is 2. The topological polar surface area (TPSA) is 77.3 Å². The van der Waals surface area contributed by atoms with Gasteiger partial charge in [0.1, 0.15) is 11.1 Å². The van der Waals surface area contributed by atoms with Gasteiger partial charge in [0.15, 0.2) is 12.0 Å². The summed E-state index contributed by atoms with van der Waals surface area (Å²) >= 11 is 6.20. The molecule has 4 rings (SSSR count). The van der Waals surface area contributed by atoms with Crippen LogP contribution in [0.3, 0.4) is 0 Å². The number of benzene rings is 1. The molecule has 1 amide bonds. The van der Waals surface area contributed by atoms with Crippen LogP contribution in [0.1, 0.15) is 28.8 Å². The van der Waals surface area contributed by atoms with Crippen molar-refractivity contribution >= 4 is 28.6 Å². The minimum absolute atomic E-state index is 0.271.